The quantitative estimate of drug-likeness (QED) is 0.788. The average molecular weight is 343 g/mol. The summed E-state index contributed by atoms with van der Waals surface area (Å²) in [7, 11) is 3.79. The molecule has 0 radical (unpaired) electrons. The molecule has 0 saturated carbocycles. The lowest BCUT2D eigenvalue weighted by Crippen LogP contribution is -2.12. The van der Waals surface area contributed by atoms with Crippen molar-refractivity contribution in [3.05, 3.63) is 59.9 Å². The standard InChI is InChI=1S/C16H15ClN6O/c1-22(2)14-7-15(19-9-18-14)23-8-13(20-10-23)16(24)21-12-5-3-11(17)4-6-12/h3-10H,1-2H3,(H,21,24). The molecule has 0 spiro atoms. The normalized spacial score (nSPS) is 10.5. The van der Waals surface area contributed by atoms with Crippen LogP contribution in [0.2, 0.25) is 5.02 Å². The number of carbonyl (C=O) groups excluding carboxylic acids is 1. The molecule has 2 heterocycles. The Balaban J connectivity index is 1.78. The molecule has 1 aromatic carbocycles. The predicted molar refractivity (Wildman–Crippen MR) is 92.9 cm³/mol. The number of amides is 1. The van der Waals surface area contributed by atoms with Gasteiger partial charge in [0.05, 0.1) is 0 Å². The Kier molecular flexibility index (Phi) is 4.43. The summed E-state index contributed by atoms with van der Waals surface area (Å²) in [5.74, 6) is 1.09. The van der Waals surface area contributed by atoms with E-state index in [1.54, 1.807) is 41.4 Å². The van der Waals surface area contributed by atoms with Gasteiger partial charge in [-0.2, -0.15) is 0 Å². The van der Waals surface area contributed by atoms with Crippen molar-refractivity contribution >= 4 is 29.0 Å². The molecular weight excluding hydrogens is 328 g/mol. The molecule has 24 heavy (non-hydrogen) atoms. The highest BCUT2D eigenvalue weighted by molar-refractivity contribution is 6.30. The molecule has 1 amide bonds. The van der Waals surface area contributed by atoms with Gasteiger partial charge in [0.1, 0.15) is 30.0 Å². The molecule has 1 N–H and O–H groups in total. The van der Waals surface area contributed by atoms with E-state index in [9.17, 15) is 4.79 Å². The van der Waals surface area contributed by atoms with E-state index in [2.05, 4.69) is 20.3 Å². The second kappa shape index (κ2) is 6.67. The van der Waals surface area contributed by atoms with Crippen LogP contribution in [0, 0.1) is 0 Å². The third kappa shape index (κ3) is 3.52. The minimum absolute atomic E-state index is 0.287. The Morgan fingerprint density at radius 1 is 1.17 bits per heavy atom. The summed E-state index contributed by atoms with van der Waals surface area (Å²) in [5.41, 5.74) is 0.936. The number of nitrogens with zero attached hydrogens (tertiary/aromatic N) is 5. The summed E-state index contributed by atoms with van der Waals surface area (Å²) in [6.45, 7) is 0. The van der Waals surface area contributed by atoms with Gasteiger partial charge in [-0.25, -0.2) is 15.0 Å². The Bertz CT molecular complexity index is 859. The summed E-state index contributed by atoms with van der Waals surface area (Å²) in [4.78, 5) is 26.6. The molecule has 122 valence electrons. The molecule has 0 atom stereocenters. The molecular formula is C16H15ClN6O. The Hall–Kier alpha value is -2.93. The van der Waals surface area contributed by atoms with Crippen molar-refractivity contribution in [2.75, 3.05) is 24.3 Å². The van der Waals surface area contributed by atoms with E-state index in [1.807, 2.05) is 25.1 Å². The van der Waals surface area contributed by atoms with Gasteiger partial charge in [-0.05, 0) is 24.3 Å². The van der Waals surface area contributed by atoms with Crippen molar-refractivity contribution in [2.24, 2.45) is 0 Å². The van der Waals surface area contributed by atoms with E-state index in [0.717, 1.165) is 5.82 Å². The number of nitrogens with one attached hydrogen (secondary N) is 1. The first-order chi connectivity index (χ1) is 11.5. The van der Waals surface area contributed by atoms with Crippen molar-refractivity contribution in [1.82, 2.24) is 19.5 Å². The lowest BCUT2D eigenvalue weighted by atomic mass is 10.3. The maximum Gasteiger partial charge on any atom is 0.275 e. The third-order valence-corrected chi connectivity index (χ3v) is 3.53. The summed E-state index contributed by atoms with van der Waals surface area (Å²) in [6, 6.07) is 8.68. The van der Waals surface area contributed by atoms with Crippen LogP contribution in [0.25, 0.3) is 5.82 Å². The van der Waals surface area contributed by atoms with E-state index in [4.69, 9.17) is 11.6 Å². The lowest BCUT2D eigenvalue weighted by Gasteiger charge is -2.11. The summed E-state index contributed by atoms with van der Waals surface area (Å²) >= 11 is 5.83. The van der Waals surface area contributed by atoms with Crippen LogP contribution in [0.4, 0.5) is 11.5 Å². The monoisotopic (exact) mass is 342 g/mol. The van der Waals surface area contributed by atoms with Crippen molar-refractivity contribution < 1.29 is 4.79 Å². The largest absolute Gasteiger partial charge is 0.363 e. The molecule has 2 aromatic heterocycles. The highest BCUT2D eigenvalue weighted by Crippen LogP contribution is 2.15. The van der Waals surface area contributed by atoms with E-state index < -0.39 is 0 Å². The second-order valence-corrected chi connectivity index (χ2v) is 5.69. The highest BCUT2D eigenvalue weighted by Gasteiger charge is 2.11. The fourth-order valence-electron chi connectivity index (χ4n) is 2.02. The zero-order chi connectivity index (χ0) is 17.1. The number of imidazole rings is 1. The van der Waals surface area contributed by atoms with Gasteiger partial charge in [0.2, 0.25) is 0 Å². The Morgan fingerprint density at radius 3 is 2.62 bits per heavy atom. The lowest BCUT2D eigenvalue weighted by molar-refractivity contribution is 0.102. The number of aromatic nitrogens is 4. The maximum atomic E-state index is 12.3. The molecule has 0 aliphatic rings. The van der Waals surface area contributed by atoms with Gasteiger partial charge in [-0.3, -0.25) is 9.36 Å². The molecule has 0 bridgehead atoms. The summed E-state index contributed by atoms with van der Waals surface area (Å²) in [6.07, 6.45) is 4.63. The minimum Gasteiger partial charge on any atom is -0.363 e. The molecule has 0 saturated heterocycles. The van der Waals surface area contributed by atoms with Crippen LogP contribution < -0.4 is 10.2 Å². The van der Waals surface area contributed by atoms with Crippen LogP contribution in [-0.4, -0.2) is 39.5 Å². The van der Waals surface area contributed by atoms with Gasteiger partial charge < -0.3 is 10.2 Å². The fraction of sp³-hybridized carbons (Fsp3) is 0.125. The first kappa shape index (κ1) is 15.9. The van der Waals surface area contributed by atoms with Crippen molar-refractivity contribution in [3.63, 3.8) is 0 Å². The van der Waals surface area contributed by atoms with Crippen LogP contribution in [-0.2, 0) is 0 Å². The first-order valence-electron chi connectivity index (χ1n) is 7.13. The van der Waals surface area contributed by atoms with Crippen molar-refractivity contribution in [1.29, 1.82) is 0 Å². The Morgan fingerprint density at radius 2 is 1.92 bits per heavy atom. The van der Waals surface area contributed by atoms with Crippen molar-refractivity contribution in [3.8, 4) is 5.82 Å². The number of hydrogen-bond acceptors (Lipinski definition) is 5. The summed E-state index contributed by atoms with van der Waals surface area (Å²) < 4.78 is 1.67. The SMILES string of the molecule is CN(C)c1cc(-n2cnc(C(=O)Nc3ccc(Cl)cc3)c2)ncn1. The number of hydrogen-bond donors (Lipinski definition) is 1. The molecule has 3 aromatic rings. The minimum atomic E-state index is -0.307. The number of rotatable bonds is 4. The zero-order valence-corrected chi connectivity index (χ0v) is 13.9. The van der Waals surface area contributed by atoms with E-state index >= 15 is 0 Å². The van der Waals surface area contributed by atoms with Gasteiger partial charge in [0.25, 0.3) is 5.91 Å². The summed E-state index contributed by atoms with van der Waals surface area (Å²) in [5, 5.41) is 3.37. The van der Waals surface area contributed by atoms with Crippen molar-refractivity contribution in [2.45, 2.75) is 0 Å². The van der Waals surface area contributed by atoms with Gasteiger partial charge in [0, 0.05) is 37.1 Å². The van der Waals surface area contributed by atoms with Gasteiger partial charge >= 0.3 is 0 Å². The molecule has 0 aliphatic carbocycles. The molecule has 3 rings (SSSR count). The van der Waals surface area contributed by atoms with Crippen LogP contribution >= 0.6 is 11.6 Å². The zero-order valence-electron chi connectivity index (χ0n) is 13.1. The van der Waals surface area contributed by atoms with Gasteiger partial charge in [-0.1, -0.05) is 11.6 Å². The van der Waals surface area contributed by atoms with E-state index in [0.29, 0.717) is 16.5 Å². The molecule has 7 nitrogen and oxygen atoms in total. The Labute approximate surface area is 143 Å². The second-order valence-electron chi connectivity index (χ2n) is 5.26. The number of benzene rings is 1. The van der Waals surface area contributed by atoms with Crippen LogP contribution in [0.5, 0.6) is 0 Å². The topological polar surface area (TPSA) is 75.9 Å². The highest BCUT2D eigenvalue weighted by atomic mass is 35.5. The molecule has 8 heteroatoms. The number of anilines is 2. The van der Waals surface area contributed by atoms with E-state index in [1.165, 1.54) is 6.33 Å². The fourth-order valence-corrected chi connectivity index (χ4v) is 2.14. The average Bonchev–Trinajstić information content (AvgIpc) is 3.07. The van der Waals surface area contributed by atoms with Gasteiger partial charge in [-0.15, -0.1) is 0 Å². The van der Waals surface area contributed by atoms with Crippen LogP contribution in [0.3, 0.4) is 0 Å². The predicted octanol–water partition coefficient (Wildman–Crippen LogP) is 2.63. The molecule has 0 aliphatic heterocycles. The van der Waals surface area contributed by atoms with Crippen LogP contribution in [0.15, 0.2) is 49.2 Å². The van der Waals surface area contributed by atoms with Gasteiger partial charge in [0.15, 0.2) is 0 Å². The van der Waals surface area contributed by atoms with E-state index in [-0.39, 0.29) is 11.6 Å². The third-order valence-electron chi connectivity index (χ3n) is 3.28. The molecule has 0 unspecified atom stereocenters. The first-order valence-corrected chi connectivity index (χ1v) is 7.51. The molecule has 0 fully saturated rings. The van der Waals surface area contributed by atoms with Crippen LogP contribution in [0.1, 0.15) is 10.5 Å². The number of halogens is 1. The maximum absolute atomic E-state index is 12.3. The smallest absolute Gasteiger partial charge is 0.275 e. The number of carbonyl (C=O) groups is 1.